The molecule has 6 nitrogen and oxygen atoms in total. The number of hydrogen-bond donors (Lipinski definition) is 1. The third-order valence-electron chi connectivity index (χ3n) is 5.10. The van der Waals surface area contributed by atoms with Crippen LogP contribution in [0.15, 0.2) is 58.4 Å². The summed E-state index contributed by atoms with van der Waals surface area (Å²) in [4.78, 5) is 28.1. The number of amides is 1. The van der Waals surface area contributed by atoms with E-state index in [0.717, 1.165) is 22.2 Å². The van der Waals surface area contributed by atoms with Crippen LogP contribution in [0.3, 0.4) is 0 Å². The molecule has 2 aromatic carbocycles. The summed E-state index contributed by atoms with van der Waals surface area (Å²) in [6.07, 6.45) is 0.495. The molecular weight excluding hydrogens is 366 g/mol. The van der Waals surface area contributed by atoms with Gasteiger partial charge in [-0.1, -0.05) is 29.8 Å². The van der Waals surface area contributed by atoms with Crippen LogP contribution in [-0.2, 0) is 4.79 Å². The summed E-state index contributed by atoms with van der Waals surface area (Å²) in [5, 5.41) is 6.85. The Morgan fingerprint density at radius 2 is 2.07 bits per heavy atom. The highest BCUT2D eigenvalue weighted by Gasteiger charge is 2.33. The second-order valence-corrected chi connectivity index (χ2v) is 7.24. The van der Waals surface area contributed by atoms with Gasteiger partial charge in [-0.05, 0) is 43.0 Å². The number of carbonyl (C=O) groups excluding carboxylic acids is 1. The minimum atomic E-state index is -0.428. The maximum absolute atomic E-state index is 12.9. The van der Waals surface area contributed by atoms with Gasteiger partial charge < -0.3 is 9.72 Å². The largest absolute Gasteiger partial charge is 0.494 e. The van der Waals surface area contributed by atoms with Gasteiger partial charge in [0.2, 0.25) is 5.91 Å². The minimum Gasteiger partial charge on any atom is -0.494 e. The van der Waals surface area contributed by atoms with Gasteiger partial charge in [0.15, 0.2) is 0 Å². The van der Waals surface area contributed by atoms with E-state index in [9.17, 15) is 9.59 Å². The van der Waals surface area contributed by atoms with E-state index in [-0.39, 0.29) is 11.5 Å². The molecule has 0 saturated heterocycles. The van der Waals surface area contributed by atoms with Crippen LogP contribution in [0.25, 0.3) is 10.9 Å². The molecule has 6 heteroatoms. The molecule has 0 spiro atoms. The number of nitrogens with zero attached hydrogens (tertiary/aromatic N) is 2. The number of rotatable bonds is 4. The zero-order valence-electron chi connectivity index (χ0n) is 16.7. The van der Waals surface area contributed by atoms with Crippen molar-refractivity contribution in [3.63, 3.8) is 0 Å². The second-order valence-electron chi connectivity index (χ2n) is 7.24. The van der Waals surface area contributed by atoms with Gasteiger partial charge in [0.25, 0.3) is 5.56 Å². The molecule has 29 heavy (non-hydrogen) atoms. The molecule has 0 aliphatic carbocycles. The summed E-state index contributed by atoms with van der Waals surface area (Å²) in [5.74, 6) is 0.517. The van der Waals surface area contributed by atoms with Crippen molar-refractivity contribution in [2.24, 2.45) is 5.10 Å². The number of hydrazone groups is 1. The molecule has 0 bridgehead atoms. The molecule has 0 unspecified atom stereocenters. The number of hydrogen-bond acceptors (Lipinski definition) is 4. The first kappa shape index (κ1) is 18.9. The molecule has 1 aromatic heterocycles. The molecule has 1 atom stereocenters. The summed E-state index contributed by atoms with van der Waals surface area (Å²) < 4.78 is 5.51. The lowest BCUT2D eigenvalue weighted by atomic mass is 9.97. The lowest BCUT2D eigenvalue weighted by Gasteiger charge is -2.20. The average Bonchev–Trinajstić information content (AvgIpc) is 3.13. The summed E-state index contributed by atoms with van der Waals surface area (Å²) in [6, 6.07) is 15.0. The van der Waals surface area contributed by atoms with Crippen LogP contribution in [0.2, 0.25) is 0 Å². The fraction of sp³-hybridized carbons (Fsp3) is 0.261. The molecule has 3 aromatic rings. The molecule has 0 saturated carbocycles. The molecule has 1 N–H and O–H groups in total. The Hall–Kier alpha value is -3.41. The van der Waals surface area contributed by atoms with Gasteiger partial charge in [0, 0.05) is 25.0 Å². The summed E-state index contributed by atoms with van der Waals surface area (Å²) in [5.41, 5.74) is 3.91. The normalized spacial score (nSPS) is 16.2. The highest BCUT2D eigenvalue weighted by molar-refractivity contribution is 6.03. The number of pyridine rings is 1. The molecule has 0 fully saturated rings. The van der Waals surface area contributed by atoms with Crippen molar-refractivity contribution in [2.45, 2.75) is 33.2 Å². The number of benzene rings is 2. The number of ether oxygens (including phenoxy) is 1. The van der Waals surface area contributed by atoms with Crippen LogP contribution < -0.4 is 10.3 Å². The molecule has 2 heterocycles. The van der Waals surface area contributed by atoms with E-state index >= 15 is 0 Å². The number of aromatic nitrogens is 1. The molecule has 0 radical (unpaired) electrons. The van der Waals surface area contributed by atoms with Crippen LogP contribution in [0.5, 0.6) is 5.75 Å². The fourth-order valence-electron chi connectivity index (χ4n) is 3.74. The lowest BCUT2D eigenvalue weighted by Crippen LogP contribution is -2.29. The molecular formula is C23H23N3O3. The van der Waals surface area contributed by atoms with Crippen molar-refractivity contribution >= 4 is 22.5 Å². The van der Waals surface area contributed by atoms with Gasteiger partial charge >= 0.3 is 0 Å². The van der Waals surface area contributed by atoms with E-state index in [0.29, 0.717) is 29.9 Å². The Bertz CT molecular complexity index is 1180. The first-order chi connectivity index (χ1) is 14.0. The molecule has 1 amide bonds. The maximum atomic E-state index is 12.9. The first-order valence-corrected chi connectivity index (χ1v) is 9.70. The SMILES string of the molecule is CCOc1ccc2cc([C@H]3CC(c4cccc(C)c4)=NN3C(C)=O)c(=O)[nH]c2c1. The molecule has 4 rings (SSSR count). The Labute approximate surface area is 168 Å². The topological polar surface area (TPSA) is 74.8 Å². The number of carbonyl (C=O) groups is 1. The Balaban J connectivity index is 1.74. The van der Waals surface area contributed by atoms with Crippen molar-refractivity contribution in [3.05, 3.63) is 75.6 Å². The molecule has 1 aliphatic heterocycles. The first-order valence-electron chi connectivity index (χ1n) is 9.70. The third-order valence-corrected chi connectivity index (χ3v) is 5.10. The highest BCUT2D eigenvalue weighted by atomic mass is 16.5. The van der Waals surface area contributed by atoms with Crippen molar-refractivity contribution in [1.29, 1.82) is 0 Å². The van der Waals surface area contributed by atoms with Crippen LogP contribution in [0, 0.1) is 6.92 Å². The summed E-state index contributed by atoms with van der Waals surface area (Å²) in [6.45, 7) is 5.96. The summed E-state index contributed by atoms with van der Waals surface area (Å²) in [7, 11) is 0. The van der Waals surface area contributed by atoms with Gasteiger partial charge in [0.05, 0.1) is 23.9 Å². The predicted octanol–water partition coefficient (Wildman–Crippen LogP) is 3.93. The van der Waals surface area contributed by atoms with Crippen LogP contribution in [0.4, 0.5) is 0 Å². The minimum absolute atomic E-state index is 0.191. The van der Waals surface area contributed by atoms with Crippen molar-refractivity contribution in [2.75, 3.05) is 6.61 Å². The van der Waals surface area contributed by atoms with Crippen LogP contribution in [0.1, 0.15) is 43.0 Å². The van der Waals surface area contributed by atoms with Gasteiger partial charge in [-0.3, -0.25) is 9.59 Å². The zero-order chi connectivity index (χ0) is 20.5. The van der Waals surface area contributed by atoms with E-state index < -0.39 is 6.04 Å². The maximum Gasteiger partial charge on any atom is 0.253 e. The third kappa shape index (κ3) is 3.66. The highest BCUT2D eigenvalue weighted by Crippen LogP contribution is 2.32. The zero-order valence-corrected chi connectivity index (χ0v) is 16.7. The monoisotopic (exact) mass is 389 g/mol. The fourth-order valence-corrected chi connectivity index (χ4v) is 3.74. The molecule has 1 aliphatic rings. The van der Waals surface area contributed by atoms with E-state index in [4.69, 9.17) is 4.74 Å². The van der Waals surface area contributed by atoms with Gasteiger partial charge in [0.1, 0.15) is 5.75 Å². The number of aryl methyl sites for hydroxylation is 1. The molecule has 148 valence electrons. The van der Waals surface area contributed by atoms with Crippen molar-refractivity contribution in [3.8, 4) is 5.75 Å². The Morgan fingerprint density at radius 3 is 2.79 bits per heavy atom. The van der Waals surface area contributed by atoms with E-state index in [1.54, 1.807) is 0 Å². The van der Waals surface area contributed by atoms with Crippen molar-refractivity contribution in [1.82, 2.24) is 9.99 Å². The van der Waals surface area contributed by atoms with Crippen molar-refractivity contribution < 1.29 is 9.53 Å². The second kappa shape index (κ2) is 7.54. The number of fused-ring (bicyclic) bond motifs is 1. The number of H-pyrrole nitrogens is 1. The van der Waals surface area contributed by atoms with E-state index in [1.165, 1.54) is 11.9 Å². The Kier molecular flexibility index (Phi) is 4.92. The number of aromatic amines is 1. The average molecular weight is 389 g/mol. The smallest absolute Gasteiger partial charge is 0.253 e. The Morgan fingerprint density at radius 1 is 1.24 bits per heavy atom. The van der Waals surface area contributed by atoms with E-state index in [1.807, 2.05) is 62.4 Å². The van der Waals surface area contributed by atoms with Gasteiger partial charge in [-0.2, -0.15) is 5.10 Å². The standard InChI is InChI=1S/C23H23N3O3/c1-4-29-18-9-8-17-11-19(23(28)24-20(17)12-18)22-13-21(25-26(22)15(3)27)16-7-5-6-14(2)10-16/h5-12,22H,4,13H2,1-3H3,(H,24,28)/t22-/m1/s1. The quantitative estimate of drug-likeness (QED) is 0.735. The predicted molar refractivity (Wildman–Crippen MR) is 113 cm³/mol. The summed E-state index contributed by atoms with van der Waals surface area (Å²) >= 11 is 0. The van der Waals surface area contributed by atoms with Crippen LogP contribution >= 0.6 is 0 Å². The van der Waals surface area contributed by atoms with Gasteiger partial charge in [-0.15, -0.1) is 0 Å². The van der Waals surface area contributed by atoms with E-state index in [2.05, 4.69) is 10.1 Å². The van der Waals surface area contributed by atoms with Gasteiger partial charge in [-0.25, -0.2) is 5.01 Å². The number of nitrogens with one attached hydrogen (secondary N) is 1. The lowest BCUT2D eigenvalue weighted by molar-refractivity contribution is -0.130. The van der Waals surface area contributed by atoms with Crippen LogP contribution in [-0.4, -0.2) is 28.2 Å².